The van der Waals surface area contributed by atoms with Crippen LogP contribution >= 0.6 is 7.26 Å². The molecule has 1 heterocycles. The topological polar surface area (TPSA) is 0 Å². The van der Waals surface area contributed by atoms with E-state index in [1.54, 1.807) is 0 Å². The van der Waals surface area contributed by atoms with Crippen molar-refractivity contribution in [2.75, 3.05) is 6.66 Å². The number of hydrogen-bond donors (Lipinski definition) is 0. The summed E-state index contributed by atoms with van der Waals surface area (Å²) in [6, 6.07) is 38.4. The van der Waals surface area contributed by atoms with E-state index in [1.807, 2.05) is 0 Å². The first-order chi connectivity index (χ1) is 14.7. The average Bonchev–Trinajstić information content (AvgIpc) is 2.94. The van der Waals surface area contributed by atoms with Crippen molar-refractivity contribution in [2.24, 2.45) is 0 Å². The van der Waals surface area contributed by atoms with Gasteiger partial charge in [-0.05, 0) is 55.9 Å². The van der Waals surface area contributed by atoms with E-state index >= 15 is 0 Å². The zero-order chi connectivity index (χ0) is 20.1. The molecule has 0 N–H and O–H groups in total. The Kier molecular flexibility index (Phi) is 4.05. The standard InChI is InChI=1S/C29H24P/c1-30(25-11-3-2-4-12-25)19-23-17-15-21-9-5-7-13-26(21)28(23)29-24(20-30)18-16-22-10-6-8-14-27(22)29/h2-18H,19-20H2,1H3/q+1. The molecule has 30 heavy (non-hydrogen) atoms. The lowest BCUT2D eigenvalue weighted by Crippen LogP contribution is -2.13. The largest absolute Gasteiger partial charge is 0.0943 e. The maximum absolute atomic E-state index is 2.55. The van der Waals surface area contributed by atoms with Crippen LogP contribution in [0.3, 0.4) is 0 Å². The number of hydrogen-bond acceptors (Lipinski definition) is 0. The van der Waals surface area contributed by atoms with Crippen LogP contribution < -0.4 is 5.30 Å². The van der Waals surface area contributed by atoms with E-state index in [2.05, 4.69) is 110 Å². The quantitative estimate of drug-likeness (QED) is 0.252. The average molecular weight is 403 g/mol. The molecule has 0 amide bonds. The minimum Gasteiger partial charge on any atom is -0.0620 e. The normalized spacial score (nSPS) is 14.8. The van der Waals surface area contributed by atoms with Gasteiger partial charge in [-0.1, -0.05) is 91.0 Å². The van der Waals surface area contributed by atoms with Crippen LogP contribution in [0.4, 0.5) is 0 Å². The molecular formula is C29H24P+. The Hall–Kier alpha value is -2.95. The maximum atomic E-state index is 2.55. The highest BCUT2D eigenvalue weighted by Gasteiger charge is 2.39. The van der Waals surface area contributed by atoms with E-state index in [-0.39, 0.29) is 0 Å². The monoisotopic (exact) mass is 403 g/mol. The van der Waals surface area contributed by atoms with Gasteiger partial charge in [-0.2, -0.15) is 0 Å². The molecule has 0 atom stereocenters. The third-order valence-corrected chi connectivity index (χ3v) is 10.3. The molecule has 0 spiro atoms. The minimum absolute atomic E-state index is 1.15. The molecule has 0 bridgehead atoms. The molecule has 1 aliphatic heterocycles. The fourth-order valence-electron chi connectivity index (χ4n) is 5.27. The molecule has 0 radical (unpaired) electrons. The molecule has 144 valence electrons. The predicted octanol–water partition coefficient (Wildman–Crippen LogP) is 7.65. The SMILES string of the molecule is C[P+]1(c2ccccc2)Cc2ccc3ccccc3c2-c2c(ccc3ccccc23)C1. The molecule has 0 saturated carbocycles. The van der Waals surface area contributed by atoms with Crippen LogP contribution in [-0.2, 0) is 12.3 Å². The van der Waals surface area contributed by atoms with Crippen molar-refractivity contribution in [1.29, 1.82) is 0 Å². The van der Waals surface area contributed by atoms with Gasteiger partial charge in [0.05, 0.1) is 31.6 Å². The summed E-state index contributed by atoms with van der Waals surface area (Å²) in [5.41, 5.74) is 5.92. The molecule has 1 heteroatoms. The lowest BCUT2D eigenvalue weighted by atomic mass is 9.88. The number of rotatable bonds is 1. The molecule has 0 fully saturated rings. The molecular weight excluding hydrogens is 379 g/mol. The molecule has 0 aromatic heterocycles. The van der Waals surface area contributed by atoms with Crippen LogP contribution in [0.1, 0.15) is 11.1 Å². The first-order valence-electron chi connectivity index (χ1n) is 10.6. The van der Waals surface area contributed by atoms with Crippen molar-refractivity contribution in [3.8, 4) is 11.1 Å². The van der Waals surface area contributed by atoms with Gasteiger partial charge >= 0.3 is 0 Å². The van der Waals surface area contributed by atoms with Gasteiger partial charge in [0.15, 0.2) is 0 Å². The summed E-state index contributed by atoms with van der Waals surface area (Å²) in [6.45, 7) is 2.55. The van der Waals surface area contributed by atoms with E-state index in [0.717, 1.165) is 12.3 Å². The zero-order valence-electron chi connectivity index (χ0n) is 17.2. The summed E-state index contributed by atoms with van der Waals surface area (Å²) in [5.74, 6) is 0. The van der Waals surface area contributed by atoms with E-state index < -0.39 is 7.26 Å². The van der Waals surface area contributed by atoms with E-state index in [9.17, 15) is 0 Å². The van der Waals surface area contributed by atoms with Crippen molar-refractivity contribution in [2.45, 2.75) is 12.3 Å². The van der Waals surface area contributed by atoms with Gasteiger partial charge in [0.1, 0.15) is 0 Å². The Morgan fingerprint density at radius 1 is 0.500 bits per heavy atom. The maximum Gasteiger partial charge on any atom is 0.0943 e. The van der Waals surface area contributed by atoms with Crippen molar-refractivity contribution >= 4 is 34.1 Å². The molecule has 0 aliphatic carbocycles. The summed E-state index contributed by atoms with van der Waals surface area (Å²) in [5, 5.41) is 6.96. The minimum atomic E-state index is -1.38. The second kappa shape index (κ2) is 6.79. The van der Waals surface area contributed by atoms with Crippen molar-refractivity contribution in [1.82, 2.24) is 0 Å². The van der Waals surface area contributed by atoms with Crippen LogP contribution in [0.25, 0.3) is 32.7 Å². The first kappa shape index (κ1) is 17.9. The zero-order valence-corrected chi connectivity index (χ0v) is 18.1. The van der Waals surface area contributed by atoms with E-state index in [0.29, 0.717) is 0 Å². The van der Waals surface area contributed by atoms with Crippen LogP contribution in [-0.4, -0.2) is 6.66 Å². The van der Waals surface area contributed by atoms with Crippen molar-refractivity contribution < 1.29 is 0 Å². The molecule has 0 nitrogen and oxygen atoms in total. The third-order valence-electron chi connectivity index (χ3n) is 6.70. The first-order valence-corrected chi connectivity index (χ1v) is 13.3. The Balaban J connectivity index is 1.75. The molecule has 5 aromatic carbocycles. The highest BCUT2D eigenvalue weighted by atomic mass is 31.2. The van der Waals surface area contributed by atoms with Gasteiger partial charge in [0, 0.05) is 0 Å². The van der Waals surface area contributed by atoms with Gasteiger partial charge in [-0.25, -0.2) is 0 Å². The smallest absolute Gasteiger partial charge is 0.0620 e. The fraction of sp³-hybridized carbons (Fsp3) is 0.103. The molecule has 0 saturated heterocycles. The Bertz CT molecular complexity index is 1310. The summed E-state index contributed by atoms with van der Waals surface area (Å²) < 4.78 is 0. The van der Waals surface area contributed by atoms with Crippen molar-refractivity contribution in [3.63, 3.8) is 0 Å². The molecule has 5 aromatic rings. The van der Waals surface area contributed by atoms with Gasteiger partial charge in [-0.15, -0.1) is 0 Å². The third kappa shape index (κ3) is 2.72. The highest BCUT2D eigenvalue weighted by Crippen LogP contribution is 2.63. The van der Waals surface area contributed by atoms with Crippen LogP contribution in [0, 0.1) is 0 Å². The Morgan fingerprint density at radius 3 is 1.50 bits per heavy atom. The molecule has 0 unspecified atom stereocenters. The Labute approximate surface area is 178 Å². The predicted molar refractivity (Wildman–Crippen MR) is 133 cm³/mol. The van der Waals surface area contributed by atoms with Gasteiger partial charge in [-0.3, -0.25) is 0 Å². The van der Waals surface area contributed by atoms with E-state index in [4.69, 9.17) is 0 Å². The van der Waals surface area contributed by atoms with Gasteiger partial charge < -0.3 is 0 Å². The number of fused-ring (bicyclic) bond motifs is 7. The number of benzene rings is 5. The summed E-state index contributed by atoms with van der Waals surface area (Å²) in [7, 11) is -1.38. The fourth-order valence-corrected chi connectivity index (χ4v) is 8.67. The summed E-state index contributed by atoms with van der Waals surface area (Å²) >= 11 is 0. The molecule has 1 aliphatic rings. The van der Waals surface area contributed by atoms with Gasteiger partial charge in [0.2, 0.25) is 0 Å². The van der Waals surface area contributed by atoms with Crippen LogP contribution in [0.15, 0.2) is 103 Å². The highest BCUT2D eigenvalue weighted by molar-refractivity contribution is 7.80. The van der Waals surface area contributed by atoms with E-state index in [1.165, 1.54) is 49.1 Å². The molecule has 6 rings (SSSR count). The summed E-state index contributed by atoms with van der Waals surface area (Å²) in [4.78, 5) is 0. The lowest BCUT2D eigenvalue weighted by Gasteiger charge is -2.22. The second-order valence-corrected chi connectivity index (χ2v) is 12.6. The Morgan fingerprint density at radius 2 is 0.967 bits per heavy atom. The van der Waals surface area contributed by atoms with Crippen molar-refractivity contribution in [3.05, 3.63) is 114 Å². The van der Waals surface area contributed by atoms with Crippen LogP contribution in [0.2, 0.25) is 0 Å². The lowest BCUT2D eigenvalue weighted by molar-refractivity contribution is 1.36. The second-order valence-electron chi connectivity index (χ2n) is 8.69. The summed E-state index contributed by atoms with van der Waals surface area (Å²) in [6.07, 6.45) is 2.31. The van der Waals surface area contributed by atoms with Crippen LogP contribution in [0.5, 0.6) is 0 Å². The van der Waals surface area contributed by atoms with Gasteiger partial charge in [0.25, 0.3) is 0 Å².